The summed E-state index contributed by atoms with van der Waals surface area (Å²) in [5, 5.41) is 36.7. The lowest BCUT2D eigenvalue weighted by Gasteiger charge is -2.17. The lowest BCUT2D eigenvalue weighted by Crippen LogP contribution is -1.92. The van der Waals surface area contributed by atoms with Crippen molar-refractivity contribution in [2.24, 2.45) is 0 Å². The van der Waals surface area contributed by atoms with Crippen molar-refractivity contribution < 1.29 is 10.2 Å². The van der Waals surface area contributed by atoms with Crippen LogP contribution in [0.4, 0.5) is 0 Å². The number of phenols is 2. The summed E-state index contributed by atoms with van der Waals surface area (Å²) in [6.07, 6.45) is 0. The van der Waals surface area contributed by atoms with Crippen LogP contribution in [0.5, 0.6) is 11.5 Å². The van der Waals surface area contributed by atoms with Crippen LogP contribution < -0.4 is 0 Å². The molecule has 0 amide bonds. The van der Waals surface area contributed by atoms with Gasteiger partial charge in [0, 0.05) is 22.3 Å². The monoisotopic (exact) mass is 686 g/mol. The maximum Gasteiger partial charge on any atom is 0.139 e. The van der Waals surface area contributed by atoms with Gasteiger partial charge in [-0.2, -0.15) is 0 Å². The third-order valence-corrected chi connectivity index (χ3v) is 10.5. The van der Waals surface area contributed by atoms with Crippen LogP contribution in [0.3, 0.4) is 0 Å². The Bertz CT molecular complexity index is 2980. The molecule has 250 valence electrons. The van der Waals surface area contributed by atoms with E-state index in [9.17, 15) is 10.2 Å². The fraction of sp³-hybridized carbons (Fsp3) is 0. The molecule has 0 saturated carbocycles. The SMILES string of the molecule is Oc1c(C#Cc2c3ccccc3cc3ccccc23)cc2ccccc2c1-c1c(O)c(C#Cc2c3ccccc3cc3ccccc23)cc2ccccc12. The summed E-state index contributed by atoms with van der Waals surface area (Å²) in [6.45, 7) is 0. The topological polar surface area (TPSA) is 40.5 Å². The fourth-order valence-electron chi connectivity index (χ4n) is 7.93. The first-order valence-corrected chi connectivity index (χ1v) is 18.0. The molecule has 0 bridgehead atoms. The smallest absolute Gasteiger partial charge is 0.139 e. The molecule has 2 N–H and O–H groups in total. The second-order valence-corrected chi connectivity index (χ2v) is 13.6. The summed E-state index contributed by atoms with van der Waals surface area (Å²) >= 11 is 0. The third-order valence-electron chi connectivity index (χ3n) is 10.5. The minimum absolute atomic E-state index is 0.0105. The molecular weight excluding hydrogens is 657 g/mol. The molecule has 10 aromatic rings. The zero-order valence-corrected chi connectivity index (χ0v) is 29.1. The van der Waals surface area contributed by atoms with Gasteiger partial charge in [0.05, 0.1) is 11.1 Å². The fourth-order valence-corrected chi connectivity index (χ4v) is 7.93. The van der Waals surface area contributed by atoms with Crippen molar-refractivity contribution in [1.29, 1.82) is 0 Å². The largest absolute Gasteiger partial charge is 0.506 e. The zero-order chi connectivity index (χ0) is 36.2. The number of hydrogen-bond acceptors (Lipinski definition) is 2. The van der Waals surface area contributed by atoms with Gasteiger partial charge in [0.2, 0.25) is 0 Å². The van der Waals surface area contributed by atoms with E-state index in [0.717, 1.165) is 75.8 Å². The van der Waals surface area contributed by atoms with Gasteiger partial charge in [-0.3, -0.25) is 0 Å². The van der Waals surface area contributed by atoms with Crippen LogP contribution in [0.15, 0.2) is 170 Å². The summed E-state index contributed by atoms with van der Waals surface area (Å²) in [5.41, 5.74) is 3.81. The van der Waals surface area contributed by atoms with Crippen molar-refractivity contribution in [3.05, 3.63) is 192 Å². The Morgan fingerprint density at radius 2 is 0.537 bits per heavy atom. The highest BCUT2D eigenvalue weighted by atomic mass is 16.3. The van der Waals surface area contributed by atoms with Crippen LogP contribution >= 0.6 is 0 Å². The average Bonchev–Trinajstić information content (AvgIpc) is 3.21. The van der Waals surface area contributed by atoms with E-state index in [4.69, 9.17) is 0 Å². The Labute approximate surface area is 312 Å². The summed E-state index contributed by atoms with van der Waals surface area (Å²) < 4.78 is 0. The molecule has 0 aliphatic rings. The lowest BCUT2D eigenvalue weighted by molar-refractivity contribution is 0.468. The van der Waals surface area contributed by atoms with Crippen molar-refractivity contribution in [3.63, 3.8) is 0 Å². The zero-order valence-electron chi connectivity index (χ0n) is 29.1. The van der Waals surface area contributed by atoms with Gasteiger partial charge in [-0.25, -0.2) is 0 Å². The van der Waals surface area contributed by atoms with Crippen LogP contribution in [0.2, 0.25) is 0 Å². The number of benzene rings is 10. The Kier molecular flexibility index (Phi) is 7.29. The average molecular weight is 687 g/mol. The first kappa shape index (κ1) is 31.2. The summed E-state index contributed by atoms with van der Waals surface area (Å²) in [7, 11) is 0. The number of aromatic hydroxyl groups is 2. The standard InChI is InChI=1S/C52H30O2/c53-51-39(25-27-47-41-19-7-1-13-33(41)29-34-14-2-8-20-42(34)47)31-37-17-5-11-23-45(37)49(51)50-46-24-12-6-18-38(46)32-40(52(50)54)26-28-48-43-21-9-3-15-35(43)30-36-16-4-10-22-44(36)48/h1-24,29-32,53-54H. The molecule has 0 saturated heterocycles. The van der Waals surface area contributed by atoms with E-state index in [0.29, 0.717) is 22.3 Å². The molecule has 0 spiro atoms. The Morgan fingerprint density at radius 3 is 0.852 bits per heavy atom. The van der Waals surface area contributed by atoms with Crippen molar-refractivity contribution in [1.82, 2.24) is 0 Å². The maximum absolute atomic E-state index is 12.3. The van der Waals surface area contributed by atoms with E-state index in [-0.39, 0.29) is 11.5 Å². The second kappa shape index (κ2) is 12.6. The van der Waals surface area contributed by atoms with E-state index in [1.807, 2.05) is 109 Å². The molecule has 10 rings (SSSR count). The van der Waals surface area contributed by atoms with Crippen molar-refractivity contribution in [3.8, 4) is 46.3 Å². The molecule has 10 aromatic carbocycles. The number of rotatable bonds is 1. The van der Waals surface area contributed by atoms with Gasteiger partial charge in [0.1, 0.15) is 11.5 Å². The summed E-state index contributed by atoms with van der Waals surface area (Å²) in [6, 6.07) is 57.1. The van der Waals surface area contributed by atoms with E-state index >= 15 is 0 Å². The molecule has 54 heavy (non-hydrogen) atoms. The first-order chi connectivity index (χ1) is 26.6. The normalized spacial score (nSPS) is 11.2. The highest BCUT2D eigenvalue weighted by Crippen LogP contribution is 2.47. The molecule has 0 radical (unpaired) electrons. The van der Waals surface area contributed by atoms with Gasteiger partial charge in [0.25, 0.3) is 0 Å². The van der Waals surface area contributed by atoms with Crippen LogP contribution in [0.1, 0.15) is 22.3 Å². The maximum atomic E-state index is 12.3. The molecule has 0 aromatic heterocycles. The van der Waals surface area contributed by atoms with Crippen molar-refractivity contribution >= 4 is 64.6 Å². The highest BCUT2D eigenvalue weighted by molar-refractivity contribution is 6.12. The predicted molar refractivity (Wildman–Crippen MR) is 225 cm³/mol. The Morgan fingerprint density at radius 1 is 0.278 bits per heavy atom. The minimum atomic E-state index is 0.0105. The molecule has 2 heteroatoms. The predicted octanol–water partition coefficient (Wildman–Crippen LogP) is 12.5. The molecule has 0 unspecified atom stereocenters. The van der Waals surface area contributed by atoms with Crippen molar-refractivity contribution in [2.45, 2.75) is 0 Å². The summed E-state index contributed by atoms with van der Waals surface area (Å²) in [5.74, 6) is 13.7. The first-order valence-electron chi connectivity index (χ1n) is 18.0. The number of hydrogen-bond donors (Lipinski definition) is 2. The Hall–Kier alpha value is -7.52. The summed E-state index contributed by atoms with van der Waals surface area (Å²) in [4.78, 5) is 0. The lowest BCUT2D eigenvalue weighted by atomic mass is 9.88. The van der Waals surface area contributed by atoms with Crippen molar-refractivity contribution in [2.75, 3.05) is 0 Å². The van der Waals surface area contributed by atoms with Crippen LogP contribution in [-0.2, 0) is 0 Å². The molecule has 0 atom stereocenters. The van der Waals surface area contributed by atoms with Gasteiger partial charge in [0.15, 0.2) is 0 Å². The van der Waals surface area contributed by atoms with E-state index in [1.54, 1.807) is 0 Å². The van der Waals surface area contributed by atoms with E-state index < -0.39 is 0 Å². The molecule has 0 aliphatic heterocycles. The van der Waals surface area contributed by atoms with Gasteiger partial charge in [-0.1, -0.05) is 169 Å². The minimum Gasteiger partial charge on any atom is -0.506 e. The van der Waals surface area contributed by atoms with Crippen LogP contribution in [0.25, 0.3) is 75.8 Å². The third kappa shape index (κ3) is 5.09. The second-order valence-electron chi connectivity index (χ2n) is 13.6. The van der Waals surface area contributed by atoms with Gasteiger partial charge >= 0.3 is 0 Å². The number of fused-ring (bicyclic) bond motifs is 6. The van der Waals surface area contributed by atoms with Gasteiger partial charge in [-0.15, -0.1) is 0 Å². The molecule has 0 aliphatic carbocycles. The molecule has 2 nitrogen and oxygen atoms in total. The number of phenolic OH excluding ortho intramolecular Hbond substituents is 2. The Balaban J connectivity index is 1.22. The van der Waals surface area contributed by atoms with E-state index in [2.05, 4.69) is 84.3 Å². The van der Waals surface area contributed by atoms with Crippen LogP contribution in [0, 0.1) is 23.7 Å². The molecule has 0 fully saturated rings. The molecular formula is C52H30O2. The highest BCUT2D eigenvalue weighted by Gasteiger charge is 2.21. The van der Waals surface area contributed by atoms with E-state index in [1.165, 1.54) is 0 Å². The molecule has 0 heterocycles. The van der Waals surface area contributed by atoms with Crippen LogP contribution in [-0.4, -0.2) is 10.2 Å². The van der Waals surface area contributed by atoms with Gasteiger partial charge < -0.3 is 10.2 Å². The quantitative estimate of drug-likeness (QED) is 0.133. The van der Waals surface area contributed by atoms with Gasteiger partial charge in [-0.05, 0) is 88.9 Å².